The number of nitrogens with one attached hydrogen (secondary N) is 1. The Kier molecular flexibility index (Phi) is 4.97. The summed E-state index contributed by atoms with van der Waals surface area (Å²) in [6, 6.07) is 3.51. The molecule has 120 valence electrons. The molecule has 2 unspecified atom stereocenters. The zero-order valence-electron chi connectivity index (χ0n) is 12.6. The molecule has 22 heavy (non-hydrogen) atoms. The fourth-order valence-electron chi connectivity index (χ4n) is 2.96. The molecular weight excluding hydrogens is 289 g/mol. The maximum absolute atomic E-state index is 13.3. The zero-order valence-corrected chi connectivity index (χ0v) is 12.6. The Morgan fingerprint density at radius 3 is 2.77 bits per heavy atom. The van der Waals surface area contributed by atoms with Crippen molar-refractivity contribution in [3.63, 3.8) is 0 Å². The number of urea groups is 1. The number of rotatable bonds is 3. The summed E-state index contributed by atoms with van der Waals surface area (Å²) < 4.78 is 13.3. The molecule has 1 aliphatic rings. The standard InChI is InChI=1S/C15H20FN3O3/c1-9-7-11(16)3-4-12(9)13-8-10(14(20)18-22-2)5-6-19(13)15(17)21/h3-4,7,10,13H,5-6,8H2,1-2H3,(H2,17,21)(H,18,20). The summed E-state index contributed by atoms with van der Waals surface area (Å²) in [5, 5.41) is 0. The molecule has 7 heteroatoms. The Bertz CT molecular complexity index is 579. The summed E-state index contributed by atoms with van der Waals surface area (Å²) in [6.45, 7) is 2.15. The van der Waals surface area contributed by atoms with Gasteiger partial charge in [0.25, 0.3) is 0 Å². The molecule has 1 saturated heterocycles. The van der Waals surface area contributed by atoms with Crippen LogP contribution in [0.2, 0.25) is 0 Å². The molecule has 2 atom stereocenters. The van der Waals surface area contributed by atoms with Gasteiger partial charge in [0.15, 0.2) is 0 Å². The van der Waals surface area contributed by atoms with Gasteiger partial charge < -0.3 is 10.6 Å². The highest BCUT2D eigenvalue weighted by Gasteiger charge is 2.35. The molecule has 0 spiro atoms. The summed E-state index contributed by atoms with van der Waals surface area (Å²) >= 11 is 0. The Labute approximate surface area is 128 Å². The second-order valence-electron chi connectivity index (χ2n) is 5.44. The molecule has 0 bridgehead atoms. The van der Waals surface area contributed by atoms with Crippen molar-refractivity contribution in [2.24, 2.45) is 11.7 Å². The number of aryl methyl sites for hydroxylation is 1. The number of carbonyl (C=O) groups is 2. The van der Waals surface area contributed by atoms with E-state index in [2.05, 4.69) is 10.3 Å². The fourth-order valence-corrected chi connectivity index (χ4v) is 2.96. The molecule has 1 fully saturated rings. The van der Waals surface area contributed by atoms with E-state index in [-0.39, 0.29) is 23.7 Å². The van der Waals surface area contributed by atoms with Crippen molar-refractivity contribution in [2.75, 3.05) is 13.7 Å². The van der Waals surface area contributed by atoms with Gasteiger partial charge in [-0.2, -0.15) is 0 Å². The van der Waals surface area contributed by atoms with E-state index in [4.69, 9.17) is 5.73 Å². The minimum Gasteiger partial charge on any atom is -0.351 e. The highest BCUT2D eigenvalue weighted by Crippen LogP contribution is 2.35. The van der Waals surface area contributed by atoms with Crippen molar-refractivity contribution in [1.82, 2.24) is 10.4 Å². The maximum Gasteiger partial charge on any atom is 0.315 e. The van der Waals surface area contributed by atoms with Gasteiger partial charge in [-0.3, -0.25) is 9.63 Å². The molecule has 3 amide bonds. The Hall–Kier alpha value is -2.15. The number of halogens is 1. The van der Waals surface area contributed by atoms with Gasteiger partial charge in [0.2, 0.25) is 5.91 Å². The number of nitrogens with two attached hydrogens (primary N) is 1. The monoisotopic (exact) mass is 309 g/mol. The van der Waals surface area contributed by atoms with E-state index in [0.717, 1.165) is 11.1 Å². The molecule has 6 nitrogen and oxygen atoms in total. The molecule has 1 aliphatic heterocycles. The predicted octanol–water partition coefficient (Wildman–Crippen LogP) is 1.64. The van der Waals surface area contributed by atoms with Gasteiger partial charge in [0.1, 0.15) is 5.82 Å². The van der Waals surface area contributed by atoms with E-state index in [0.29, 0.717) is 19.4 Å². The first-order valence-corrected chi connectivity index (χ1v) is 7.09. The van der Waals surface area contributed by atoms with Gasteiger partial charge in [-0.05, 0) is 43.0 Å². The first-order chi connectivity index (χ1) is 10.4. The van der Waals surface area contributed by atoms with Crippen molar-refractivity contribution in [3.8, 4) is 0 Å². The lowest BCUT2D eigenvalue weighted by molar-refractivity contribution is -0.137. The third-order valence-electron chi connectivity index (χ3n) is 4.05. The third kappa shape index (κ3) is 3.36. The van der Waals surface area contributed by atoms with Gasteiger partial charge in [-0.25, -0.2) is 14.7 Å². The number of nitrogens with zero attached hydrogens (tertiary/aromatic N) is 1. The molecule has 1 aromatic carbocycles. The Balaban J connectivity index is 2.29. The van der Waals surface area contributed by atoms with Crippen molar-refractivity contribution in [2.45, 2.75) is 25.8 Å². The maximum atomic E-state index is 13.3. The number of hydrogen-bond donors (Lipinski definition) is 2. The molecule has 0 aliphatic carbocycles. The summed E-state index contributed by atoms with van der Waals surface area (Å²) in [4.78, 5) is 29.8. The van der Waals surface area contributed by atoms with Crippen LogP contribution >= 0.6 is 0 Å². The van der Waals surface area contributed by atoms with Crippen LogP contribution in [0.15, 0.2) is 18.2 Å². The minimum absolute atomic E-state index is 0.226. The van der Waals surface area contributed by atoms with Crippen molar-refractivity contribution >= 4 is 11.9 Å². The molecule has 0 aromatic heterocycles. The summed E-state index contributed by atoms with van der Waals surface area (Å²) in [5.41, 5.74) is 9.29. The topological polar surface area (TPSA) is 84.7 Å². The smallest absolute Gasteiger partial charge is 0.315 e. The van der Waals surface area contributed by atoms with Gasteiger partial charge in [-0.15, -0.1) is 0 Å². The van der Waals surface area contributed by atoms with Crippen LogP contribution in [0.1, 0.15) is 30.0 Å². The SMILES string of the molecule is CONC(=O)C1CCN(C(N)=O)C(c2ccc(F)cc2C)C1. The average Bonchev–Trinajstić information content (AvgIpc) is 2.46. The molecule has 1 aromatic rings. The average molecular weight is 309 g/mol. The van der Waals surface area contributed by atoms with Crippen LogP contribution in [-0.2, 0) is 9.63 Å². The molecule has 3 N–H and O–H groups in total. The summed E-state index contributed by atoms with van der Waals surface area (Å²) in [7, 11) is 1.37. The molecule has 0 saturated carbocycles. The van der Waals surface area contributed by atoms with E-state index < -0.39 is 6.03 Å². The number of amides is 3. The molecule has 0 radical (unpaired) electrons. The molecular formula is C15H20FN3O3. The molecule has 1 heterocycles. The second-order valence-corrected chi connectivity index (χ2v) is 5.44. The second kappa shape index (κ2) is 6.74. The van der Waals surface area contributed by atoms with Gasteiger partial charge >= 0.3 is 6.03 Å². The zero-order chi connectivity index (χ0) is 16.3. The Morgan fingerprint density at radius 1 is 1.45 bits per heavy atom. The largest absolute Gasteiger partial charge is 0.351 e. The van der Waals surface area contributed by atoms with Crippen LogP contribution in [0.5, 0.6) is 0 Å². The van der Waals surface area contributed by atoms with Gasteiger partial charge in [0.05, 0.1) is 13.2 Å². The number of hydroxylamine groups is 1. The van der Waals surface area contributed by atoms with E-state index in [9.17, 15) is 14.0 Å². The lowest BCUT2D eigenvalue weighted by Gasteiger charge is -2.38. The van der Waals surface area contributed by atoms with Gasteiger partial charge in [-0.1, -0.05) is 6.07 Å². The van der Waals surface area contributed by atoms with Crippen molar-refractivity contribution < 1.29 is 18.8 Å². The predicted molar refractivity (Wildman–Crippen MR) is 78.0 cm³/mol. The van der Waals surface area contributed by atoms with E-state index in [1.807, 2.05) is 0 Å². The van der Waals surface area contributed by atoms with E-state index in [1.165, 1.54) is 24.1 Å². The number of benzene rings is 1. The van der Waals surface area contributed by atoms with E-state index >= 15 is 0 Å². The van der Waals surface area contributed by atoms with Crippen LogP contribution < -0.4 is 11.2 Å². The first kappa shape index (κ1) is 16.2. The van der Waals surface area contributed by atoms with E-state index in [1.54, 1.807) is 13.0 Å². The lowest BCUT2D eigenvalue weighted by Crippen LogP contribution is -2.47. The summed E-state index contributed by atoms with van der Waals surface area (Å²) in [5.74, 6) is -0.849. The normalized spacial score (nSPS) is 21.5. The number of carbonyl (C=O) groups excluding carboxylic acids is 2. The van der Waals surface area contributed by atoms with Crippen LogP contribution in [0.25, 0.3) is 0 Å². The fraction of sp³-hybridized carbons (Fsp3) is 0.467. The van der Waals surface area contributed by atoms with Gasteiger partial charge in [0, 0.05) is 12.5 Å². The van der Waals surface area contributed by atoms with Crippen LogP contribution in [0.3, 0.4) is 0 Å². The number of likely N-dealkylation sites (tertiary alicyclic amines) is 1. The highest BCUT2D eigenvalue weighted by atomic mass is 19.1. The highest BCUT2D eigenvalue weighted by molar-refractivity contribution is 5.79. The lowest BCUT2D eigenvalue weighted by atomic mass is 9.85. The quantitative estimate of drug-likeness (QED) is 0.833. The number of hydrogen-bond acceptors (Lipinski definition) is 3. The third-order valence-corrected chi connectivity index (χ3v) is 4.05. The summed E-state index contributed by atoms with van der Waals surface area (Å²) in [6.07, 6.45) is 0.930. The van der Waals surface area contributed by atoms with Crippen molar-refractivity contribution in [3.05, 3.63) is 35.1 Å². The minimum atomic E-state index is -0.542. The Morgan fingerprint density at radius 2 is 2.18 bits per heavy atom. The number of primary amides is 1. The first-order valence-electron chi connectivity index (χ1n) is 7.09. The number of piperidine rings is 1. The van der Waals surface area contributed by atoms with Crippen LogP contribution in [0.4, 0.5) is 9.18 Å². The van der Waals surface area contributed by atoms with Crippen molar-refractivity contribution in [1.29, 1.82) is 0 Å². The molecule has 2 rings (SSSR count). The van der Waals surface area contributed by atoms with Crippen LogP contribution in [-0.4, -0.2) is 30.5 Å². The van der Waals surface area contributed by atoms with Crippen LogP contribution in [0, 0.1) is 18.7 Å².